The normalized spacial score (nSPS) is 10.0. The first kappa shape index (κ1) is 16.5. The van der Waals surface area contributed by atoms with Crippen LogP contribution in [-0.2, 0) is 9.59 Å². The number of hydrogen-bond acceptors (Lipinski definition) is 4. The monoisotopic (exact) mass is 331 g/mol. The summed E-state index contributed by atoms with van der Waals surface area (Å²) in [5.41, 5.74) is 7.08. The first-order valence-corrected chi connectivity index (χ1v) is 7.03. The molecule has 0 aliphatic heterocycles. The van der Waals surface area contributed by atoms with E-state index in [-0.39, 0.29) is 10.8 Å². The molecule has 0 spiro atoms. The standard InChI is InChI=1S/C16H14ClN3O3/c1-9(21)10-3-2-4-11(7-10)19-15(22)16(23)20-12-5-6-14(18)13(17)8-12/h2-8H,18H2,1H3,(H,19,22)(H,20,23). The van der Waals surface area contributed by atoms with Gasteiger partial charge < -0.3 is 16.4 Å². The number of carbonyl (C=O) groups is 3. The summed E-state index contributed by atoms with van der Waals surface area (Å²) >= 11 is 5.84. The minimum Gasteiger partial charge on any atom is -0.398 e. The smallest absolute Gasteiger partial charge is 0.314 e. The van der Waals surface area contributed by atoms with E-state index < -0.39 is 11.8 Å². The van der Waals surface area contributed by atoms with Crippen LogP contribution in [0.4, 0.5) is 17.1 Å². The fraction of sp³-hybridized carbons (Fsp3) is 0.0625. The number of nitrogens with two attached hydrogens (primary N) is 1. The number of Topliss-reactive ketones (excluding diaryl/α,β-unsaturated/α-hetero) is 1. The van der Waals surface area contributed by atoms with E-state index in [9.17, 15) is 14.4 Å². The number of hydrogen-bond donors (Lipinski definition) is 3. The summed E-state index contributed by atoms with van der Waals surface area (Å²) in [6.07, 6.45) is 0. The minimum absolute atomic E-state index is 0.137. The predicted molar refractivity (Wildman–Crippen MR) is 89.6 cm³/mol. The van der Waals surface area contributed by atoms with Crippen LogP contribution in [0.2, 0.25) is 5.02 Å². The summed E-state index contributed by atoms with van der Waals surface area (Å²) in [7, 11) is 0. The van der Waals surface area contributed by atoms with Crippen LogP contribution >= 0.6 is 11.6 Å². The summed E-state index contributed by atoms with van der Waals surface area (Å²) in [6.45, 7) is 1.42. The van der Waals surface area contributed by atoms with Gasteiger partial charge in [-0.2, -0.15) is 0 Å². The molecule has 0 aromatic heterocycles. The van der Waals surface area contributed by atoms with Gasteiger partial charge in [0.15, 0.2) is 5.78 Å². The molecule has 2 aromatic rings. The van der Waals surface area contributed by atoms with Crippen LogP contribution in [0.15, 0.2) is 42.5 Å². The summed E-state index contributed by atoms with van der Waals surface area (Å²) in [5.74, 6) is -1.86. The number of nitrogens with one attached hydrogen (secondary N) is 2. The van der Waals surface area contributed by atoms with Crippen LogP contribution in [0.1, 0.15) is 17.3 Å². The maximum atomic E-state index is 11.9. The van der Waals surface area contributed by atoms with Crippen molar-refractivity contribution >= 4 is 46.3 Å². The van der Waals surface area contributed by atoms with Gasteiger partial charge in [0, 0.05) is 16.9 Å². The third-order valence-corrected chi connectivity index (χ3v) is 3.32. The highest BCUT2D eigenvalue weighted by Crippen LogP contribution is 2.22. The first-order chi connectivity index (χ1) is 10.9. The molecule has 0 fully saturated rings. The second-order valence-corrected chi connectivity index (χ2v) is 5.19. The summed E-state index contributed by atoms with van der Waals surface area (Å²) in [4.78, 5) is 35.1. The molecule has 0 aliphatic carbocycles. The van der Waals surface area contributed by atoms with Crippen molar-refractivity contribution in [3.63, 3.8) is 0 Å². The SMILES string of the molecule is CC(=O)c1cccc(NC(=O)C(=O)Nc2ccc(N)c(Cl)c2)c1. The third kappa shape index (κ3) is 4.31. The molecule has 0 saturated carbocycles. The van der Waals surface area contributed by atoms with Gasteiger partial charge in [-0.3, -0.25) is 14.4 Å². The fourth-order valence-electron chi connectivity index (χ4n) is 1.80. The predicted octanol–water partition coefficient (Wildman–Crippen LogP) is 2.70. The zero-order valence-corrected chi connectivity index (χ0v) is 13.0. The second-order valence-electron chi connectivity index (χ2n) is 4.78. The largest absolute Gasteiger partial charge is 0.398 e. The van der Waals surface area contributed by atoms with E-state index in [1.807, 2.05) is 0 Å². The lowest BCUT2D eigenvalue weighted by Gasteiger charge is -2.08. The van der Waals surface area contributed by atoms with Gasteiger partial charge in [0.25, 0.3) is 0 Å². The Bertz CT molecular complexity index is 790. The van der Waals surface area contributed by atoms with Crippen LogP contribution in [0.25, 0.3) is 0 Å². The zero-order chi connectivity index (χ0) is 17.0. The molecular weight excluding hydrogens is 318 g/mol. The molecule has 4 N–H and O–H groups in total. The number of rotatable bonds is 3. The average molecular weight is 332 g/mol. The van der Waals surface area contributed by atoms with E-state index in [4.69, 9.17) is 17.3 Å². The second kappa shape index (κ2) is 6.93. The molecule has 0 heterocycles. The Hall–Kier alpha value is -2.86. The number of halogens is 1. The number of benzene rings is 2. The highest BCUT2D eigenvalue weighted by Gasteiger charge is 2.15. The molecule has 118 valence electrons. The van der Waals surface area contributed by atoms with Gasteiger partial charge >= 0.3 is 11.8 Å². The molecular formula is C16H14ClN3O3. The quantitative estimate of drug-likeness (QED) is 0.457. The highest BCUT2D eigenvalue weighted by molar-refractivity contribution is 6.43. The van der Waals surface area contributed by atoms with E-state index in [2.05, 4.69) is 10.6 Å². The van der Waals surface area contributed by atoms with Gasteiger partial charge in [0.2, 0.25) is 0 Å². The van der Waals surface area contributed by atoms with Crippen molar-refractivity contribution in [3.05, 3.63) is 53.1 Å². The van der Waals surface area contributed by atoms with Crippen molar-refractivity contribution in [2.75, 3.05) is 16.4 Å². The fourth-order valence-corrected chi connectivity index (χ4v) is 1.98. The Labute approximate surface area is 137 Å². The van der Waals surface area contributed by atoms with Crippen LogP contribution in [-0.4, -0.2) is 17.6 Å². The minimum atomic E-state index is -0.862. The molecule has 2 rings (SSSR count). The number of anilines is 3. The lowest BCUT2D eigenvalue weighted by molar-refractivity contribution is -0.132. The van der Waals surface area contributed by atoms with Crippen LogP contribution < -0.4 is 16.4 Å². The average Bonchev–Trinajstić information content (AvgIpc) is 2.51. The molecule has 0 saturated heterocycles. The Kier molecular flexibility index (Phi) is 4.98. The number of amides is 2. The first-order valence-electron chi connectivity index (χ1n) is 6.65. The molecule has 0 atom stereocenters. The van der Waals surface area contributed by atoms with Gasteiger partial charge in [0.05, 0.1) is 10.7 Å². The van der Waals surface area contributed by atoms with Gasteiger partial charge in [0.1, 0.15) is 0 Å². The lowest BCUT2D eigenvalue weighted by Crippen LogP contribution is -2.29. The third-order valence-electron chi connectivity index (χ3n) is 2.99. The molecule has 0 radical (unpaired) electrons. The topological polar surface area (TPSA) is 101 Å². The summed E-state index contributed by atoms with van der Waals surface area (Å²) < 4.78 is 0. The van der Waals surface area contributed by atoms with Crippen molar-refractivity contribution in [3.8, 4) is 0 Å². The molecule has 2 aromatic carbocycles. The maximum absolute atomic E-state index is 11.9. The maximum Gasteiger partial charge on any atom is 0.314 e. The Morgan fingerprint density at radius 2 is 1.57 bits per heavy atom. The van der Waals surface area contributed by atoms with Crippen LogP contribution in [0.3, 0.4) is 0 Å². The molecule has 7 heteroatoms. The molecule has 0 bridgehead atoms. The molecule has 2 amide bonds. The van der Waals surface area contributed by atoms with E-state index >= 15 is 0 Å². The van der Waals surface area contributed by atoms with Crippen molar-refractivity contribution in [1.82, 2.24) is 0 Å². The van der Waals surface area contributed by atoms with E-state index in [0.29, 0.717) is 22.6 Å². The Balaban J connectivity index is 2.05. The van der Waals surface area contributed by atoms with Crippen LogP contribution in [0.5, 0.6) is 0 Å². The van der Waals surface area contributed by atoms with Gasteiger partial charge in [-0.1, -0.05) is 23.7 Å². The van der Waals surface area contributed by atoms with Gasteiger partial charge in [-0.15, -0.1) is 0 Å². The van der Waals surface area contributed by atoms with E-state index in [1.165, 1.54) is 31.2 Å². The molecule has 0 aliphatic rings. The van der Waals surface area contributed by atoms with Gasteiger partial charge in [-0.05, 0) is 37.3 Å². The molecule has 0 unspecified atom stereocenters. The number of carbonyl (C=O) groups excluding carboxylic acids is 3. The lowest BCUT2D eigenvalue weighted by atomic mass is 10.1. The number of nitrogen functional groups attached to an aromatic ring is 1. The summed E-state index contributed by atoms with van der Waals surface area (Å²) in [5, 5.41) is 5.11. The Morgan fingerprint density at radius 3 is 2.13 bits per heavy atom. The number of ketones is 1. The molecule has 6 nitrogen and oxygen atoms in total. The van der Waals surface area contributed by atoms with E-state index in [0.717, 1.165) is 0 Å². The Morgan fingerprint density at radius 1 is 0.957 bits per heavy atom. The van der Waals surface area contributed by atoms with Crippen LogP contribution in [0, 0.1) is 0 Å². The van der Waals surface area contributed by atoms with Crippen molar-refractivity contribution in [1.29, 1.82) is 0 Å². The van der Waals surface area contributed by atoms with Crippen molar-refractivity contribution in [2.45, 2.75) is 6.92 Å². The zero-order valence-electron chi connectivity index (χ0n) is 12.2. The van der Waals surface area contributed by atoms with E-state index in [1.54, 1.807) is 18.2 Å². The highest BCUT2D eigenvalue weighted by atomic mass is 35.5. The summed E-state index contributed by atoms with van der Waals surface area (Å²) in [6, 6.07) is 10.8. The van der Waals surface area contributed by atoms with Crippen molar-refractivity contribution in [2.24, 2.45) is 0 Å². The van der Waals surface area contributed by atoms with Crippen molar-refractivity contribution < 1.29 is 14.4 Å². The van der Waals surface area contributed by atoms with Gasteiger partial charge in [-0.25, -0.2) is 0 Å². The molecule has 23 heavy (non-hydrogen) atoms.